The molecule has 0 amide bonds. The Kier molecular flexibility index (Phi) is 4.87. The van der Waals surface area contributed by atoms with Gasteiger partial charge in [0, 0.05) is 32.7 Å². The van der Waals surface area contributed by atoms with Crippen LogP contribution in [0.5, 0.6) is 0 Å². The number of halogens is 1. The first-order chi connectivity index (χ1) is 8.74. The van der Waals surface area contributed by atoms with Gasteiger partial charge >= 0.3 is 0 Å². The van der Waals surface area contributed by atoms with E-state index in [9.17, 15) is 0 Å². The van der Waals surface area contributed by atoms with E-state index < -0.39 is 0 Å². The molecule has 2 rings (SSSR count). The summed E-state index contributed by atoms with van der Waals surface area (Å²) < 4.78 is 0. The predicted molar refractivity (Wildman–Crippen MR) is 78.3 cm³/mol. The van der Waals surface area contributed by atoms with Crippen molar-refractivity contribution in [3.63, 3.8) is 0 Å². The van der Waals surface area contributed by atoms with Crippen molar-refractivity contribution >= 4 is 17.3 Å². The summed E-state index contributed by atoms with van der Waals surface area (Å²) in [6.07, 6.45) is 1.23. The molecule has 0 spiro atoms. The molecule has 3 nitrogen and oxygen atoms in total. The molecular formula is C14H22ClN3. The number of nitrogens with two attached hydrogens (primary N) is 1. The number of anilines is 1. The fraction of sp³-hybridized carbons (Fsp3) is 0.571. The Morgan fingerprint density at radius 1 is 1.22 bits per heavy atom. The normalized spacial score (nSPS) is 17.2. The minimum absolute atomic E-state index is 0.546. The molecule has 1 fully saturated rings. The largest absolute Gasteiger partial charge is 0.368 e. The minimum Gasteiger partial charge on any atom is -0.368 e. The zero-order valence-corrected chi connectivity index (χ0v) is 11.8. The maximum Gasteiger partial charge on any atom is 0.0642 e. The average molecular weight is 268 g/mol. The lowest BCUT2D eigenvalue weighted by Gasteiger charge is -2.36. The van der Waals surface area contributed by atoms with Crippen LogP contribution in [0.15, 0.2) is 18.2 Å². The third-order valence-electron chi connectivity index (χ3n) is 3.50. The first-order valence-corrected chi connectivity index (χ1v) is 7.08. The second kappa shape index (κ2) is 6.41. The highest BCUT2D eigenvalue weighted by Crippen LogP contribution is 2.27. The van der Waals surface area contributed by atoms with E-state index in [2.05, 4.69) is 28.9 Å². The third-order valence-corrected chi connectivity index (χ3v) is 3.80. The Hall–Kier alpha value is -0.770. The van der Waals surface area contributed by atoms with Gasteiger partial charge in [-0.3, -0.25) is 4.90 Å². The van der Waals surface area contributed by atoms with Gasteiger partial charge in [-0.2, -0.15) is 0 Å². The lowest BCUT2D eigenvalue weighted by atomic mass is 10.1. The van der Waals surface area contributed by atoms with E-state index >= 15 is 0 Å². The second-order valence-electron chi connectivity index (χ2n) is 4.82. The van der Waals surface area contributed by atoms with Gasteiger partial charge in [0.25, 0.3) is 0 Å². The smallest absolute Gasteiger partial charge is 0.0642 e. The Labute approximate surface area is 115 Å². The summed E-state index contributed by atoms with van der Waals surface area (Å²) in [4.78, 5) is 4.88. The first-order valence-electron chi connectivity index (χ1n) is 6.70. The van der Waals surface area contributed by atoms with Crippen LogP contribution in [0, 0.1) is 0 Å². The molecule has 1 aromatic rings. The molecule has 18 heavy (non-hydrogen) atoms. The van der Waals surface area contributed by atoms with Crippen LogP contribution in [0.4, 0.5) is 5.69 Å². The van der Waals surface area contributed by atoms with Crippen molar-refractivity contribution in [2.24, 2.45) is 5.73 Å². The van der Waals surface area contributed by atoms with Crippen molar-refractivity contribution in [1.82, 2.24) is 4.90 Å². The Morgan fingerprint density at radius 2 is 1.94 bits per heavy atom. The van der Waals surface area contributed by atoms with E-state index in [1.807, 2.05) is 6.07 Å². The summed E-state index contributed by atoms with van der Waals surface area (Å²) in [5.74, 6) is 0. The summed E-state index contributed by atoms with van der Waals surface area (Å²) in [6, 6.07) is 6.15. The van der Waals surface area contributed by atoms with Crippen LogP contribution in [-0.4, -0.2) is 37.6 Å². The summed E-state index contributed by atoms with van der Waals surface area (Å²) >= 11 is 6.33. The zero-order chi connectivity index (χ0) is 13.0. The first kappa shape index (κ1) is 13.7. The number of piperazine rings is 1. The molecule has 0 aliphatic carbocycles. The van der Waals surface area contributed by atoms with Crippen LogP contribution >= 0.6 is 11.6 Å². The molecular weight excluding hydrogens is 246 g/mol. The molecule has 0 saturated carbocycles. The van der Waals surface area contributed by atoms with Gasteiger partial charge in [-0.05, 0) is 30.7 Å². The summed E-state index contributed by atoms with van der Waals surface area (Å²) in [6.45, 7) is 8.35. The van der Waals surface area contributed by atoms with Crippen LogP contribution in [0.3, 0.4) is 0 Å². The van der Waals surface area contributed by atoms with Gasteiger partial charge in [0.15, 0.2) is 0 Å². The molecule has 0 unspecified atom stereocenters. The van der Waals surface area contributed by atoms with Crippen molar-refractivity contribution in [1.29, 1.82) is 0 Å². The zero-order valence-electron chi connectivity index (χ0n) is 11.0. The number of hydrogen-bond donors (Lipinski definition) is 1. The maximum atomic E-state index is 6.33. The van der Waals surface area contributed by atoms with E-state index in [1.165, 1.54) is 13.0 Å². The van der Waals surface area contributed by atoms with Gasteiger partial charge in [0.1, 0.15) is 0 Å². The van der Waals surface area contributed by atoms with E-state index in [0.29, 0.717) is 6.54 Å². The highest BCUT2D eigenvalue weighted by molar-refractivity contribution is 6.33. The lowest BCUT2D eigenvalue weighted by Crippen LogP contribution is -2.46. The maximum absolute atomic E-state index is 6.33. The standard InChI is InChI=1S/C14H22ClN3/c1-2-5-17-6-8-18(9-7-17)14-4-3-12(11-16)10-13(14)15/h3-4,10H,2,5-9,11,16H2,1H3. The van der Waals surface area contributed by atoms with Gasteiger partial charge in [-0.15, -0.1) is 0 Å². The topological polar surface area (TPSA) is 32.5 Å². The predicted octanol–water partition coefficient (Wildman–Crippen LogP) is 2.33. The quantitative estimate of drug-likeness (QED) is 0.909. The Bertz CT molecular complexity index is 387. The minimum atomic E-state index is 0.546. The third kappa shape index (κ3) is 3.16. The Balaban J connectivity index is 2.01. The molecule has 4 heteroatoms. The molecule has 0 aromatic heterocycles. The van der Waals surface area contributed by atoms with Crippen molar-refractivity contribution in [3.05, 3.63) is 28.8 Å². The fourth-order valence-corrected chi connectivity index (χ4v) is 2.79. The lowest BCUT2D eigenvalue weighted by molar-refractivity contribution is 0.258. The van der Waals surface area contributed by atoms with Gasteiger partial charge in [0.2, 0.25) is 0 Å². The number of nitrogens with zero attached hydrogens (tertiary/aromatic N) is 2. The van der Waals surface area contributed by atoms with Crippen LogP contribution in [0.2, 0.25) is 5.02 Å². The highest BCUT2D eigenvalue weighted by atomic mass is 35.5. The van der Waals surface area contributed by atoms with E-state index in [4.69, 9.17) is 17.3 Å². The highest BCUT2D eigenvalue weighted by Gasteiger charge is 2.18. The van der Waals surface area contributed by atoms with Crippen molar-refractivity contribution < 1.29 is 0 Å². The van der Waals surface area contributed by atoms with Crippen molar-refractivity contribution in [3.8, 4) is 0 Å². The van der Waals surface area contributed by atoms with Crippen LogP contribution in [-0.2, 0) is 6.54 Å². The molecule has 100 valence electrons. The Morgan fingerprint density at radius 3 is 2.50 bits per heavy atom. The fourth-order valence-electron chi connectivity index (χ4n) is 2.46. The molecule has 1 heterocycles. The van der Waals surface area contributed by atoms with Crippen LogP contribution in [0.1, 0.15) is 18.9 Å². The van der Waals surface area contributed by atoms with E-state index in [0.717, 1.165) is 42.5 Å². The second-order valence-corrected chi connectivity index (χ2v) is 5.23. The average Bonchev–Trinajstić information content (AvgIpc) is 2.40. The van der Waals surface area contributed by atoms with Crippen molar-refractivity contribution in [2.75, 3.05) is 37.6 Å². The molecule has 0 atom stereocenters. The molecule has 2 N–H and O–H groups in total. The molecule has 1 aliphatic rings. The number of benzene rings is 1. The molecule has 0 radical (unpaired) electrons. The number of hydrogen-bond acceptors (Lipinski definition) is 3. The molecule has 0 bridgehead atoms. The van der Waals surface area contributed by atoms with E-state index in [-0.39, 0.29) is 0 Å². The van der Waals surface area contributed by atoms with E-state index in [1.54, 1.807) is 0 Å². The molecule has 1 aliphatic heterocycles. The van der Waals surface area contributed by atoms with Crippen LogP contribution in [0.25, 0.3) is 0 Å². The van der Waals surface area contributed by atoms with Gasteiger partial charge < -0.3 is 10.6 Å². The van der Waals surface area contributed by atoms with Gasteiger partial charge in [0.05, 0.1) is 10.7 Å². The SMILES string of the molecule is CCCN1CCN(c2ccc(CN)cc2Cl)CC1. The monoisotopic (exact) mass is 267 g/mol. The van der Waals surface area contributed by atoms with Crippen LogP contribution < -0.4 is 10.6 Å². The molecule has 1 saturated heterocycles. The van der Waals surface area contributed by atoms with Gasteiger partial charge in [-0.25, -0.2) is 0 Å². The summed E-state index contributed by atoms with van der Waals surface area (Å²) in [5.41, 5.74) is 7.85. The number of rotatable bonds is 4. The molecule has 1 aromatic carbocycles. The van der Waals surface area contributed by atoms with Gasteiger partial charge in [-0.1, -0.05) is 24.6 Å². The summed E-state index contributed by atoms with van der Waals surface area (Å²) in [7, 11) is 0. The summed E-state index contributed by atoms with van der Waals surface area (Å²) in [5, 5.41) is 0.821. The van der Waals surface area contributed by atoms with Crippen molar-refractivity contribution in [2.45, 2.75) is 19.9 Å².